The minimum absolute atomic E-state index is 0.335. The predicted octanol–water partition coefficient (Wildman–Crippen LogP) is 1.34. The molecule has 7 heteroatoms. The topological polar surface area (TPSA) is 83.8 Å². The highest BCUT2D eigenvalue weighted by molar-refractivity contribution is 5.68. The molecule has 0 aliphatic rings. The van der Waals surface area contributed by atoms with Crippen molar-refractivity contribution >= 4 is 5.82 Å². The predicted molar refractivity (Wildman–Crippen MR) is 78.6 cm³/mol. The van der Waals surface area contributed by atoms with Crippen molar-refractivity contribution in [3.8, 4) is 17.1 Å². The van der Waals surface area contributed by atoms with Gasteiger partial charge in [0.1, 0.15) is 12.3 Å². The van der Waals surface area contributed by atoms with Crippen LogP contribution >= 0.6 is 0 Å². The zero-order valence-corrected chi connectivity index (χ0v) is 11.7. The molecule has 21 heavy (non-hydrogen) atoms. The zero-order valence-electron chi connectivity index (χ0n) is 11.7. The molecule has 3 rings (SSSR count). The van der Waals surface area contributed by atoms with Gasteiger partial charge in [-0.05, 0) is 12.1 Å². The summed E-state index contributed by atoms with van der Waals surface area (Å²) in [4.78, 5) is 8.53. The number of nitrogens with zero attached hydrogens (tertiary/aromatic N) is 5. The molecule has 108 valence electrons. The van der Waals surface area contributed by atoms with Crippen LogP contribution in [-0.4, -0.2) is 30.9 Å². The third-order valence-electron chi connectivity index (χ3n) is 3.02. The highest BCUT2D eigenvalue weighted by atomic mass is 16.5. The molecular weight excluding hydrogens is 268 g/mol. The maximum Gasteiger partial charge on any atom is 0.234 e. The fourth-order valence-electron chi connectivity index (χ4n) is 2.00. The minimum atomic E-state index is 0.335. The smallest absolute Gasteiger partial charge is 0.234 e. The monoisotopic (exact) mass is 284 g/mol. The van der Waals surface area contributed by atoms with Crippen LogP contribution in [-0.2, 0) is 13.6 Å². The summed E-state index contributed by atoms with van der Waals surface area (Å²) in [5, 5.41) is 4.09. The van der Waals surface area contributed by atoms with E-state index in [9.17, 15) is 0 Å². The largest absolute Gasteiger partial charge is 0.475 e. The quantitative estimate of drug-likeness (QED) is 0.764. The van der Waals surface area contributed by atoms with Crippen molar-refractivity contribution in [3.05, 3.63) is 43.1 Å². The Morgan fingerprint density at radius 2 is 2.05 bits per heavy atom. The second-order valence-electron chi connectivity index (χ2n) is 4.61. The van der Waals surface area contributed by atoms with Crippen LogP contribution in [0.4, 0.5) is 5.82 Å². The van der Waals surface area contributed by atoms with Gasteiger partial charge in [0.25, 0.3) is 0 Å². The third kappa shape index (κ3) is 3.02. The lowest BCUT2D eigenvalue weighted by molar-refractivity contribution is 0.287. The molecule has 0 aliphatic heterocycles. The maximum absolute atomic E-state index is 5.93. The van der Waals surface area contributed by atoms with Crippen LogP contribution < -0.4 is 10.5 Å². The second-order valence-corrected chi connectivity index (χ2v) is 4.61. The van der Waals surface area contributed by atoms with Crippen molar-refractivity contribution < 1.29 is 4.74 Å². The van der Waals surface area contributed by atoms with E-state index in [1.807, 2.05) is 42.3 Å². The van der Waals surface area contributed by atoms with E-state index in [0.29, 0.717) is 24.0 Å². The number of aryl methyl sites for hydroxylation is 1. The first-order valence-corrected chi connectivity index (χ1v) is 6.57. The van der Waals surface area contributed by atoms with Gasteiger partial charge < -0.3 is 15.0 Å². The number of nitrogen functional groups attached to an aromatic ring is 1. The first-order valence-electron chi connectivity index (χ1n) is 6.57. The number of rotatable bonds is 5. The summed E-state index contributed by atoms with van der Waals surface area (Å²) in [6.07, 6.45) is 9.08. The van der Waals surface area contributed by atoms with Gasteiger partial charge in [-0.2, -0.15) is 10.1 Å². The van der Waals surface area contributed by atoms with E-state index in [1.165, 1.54) is 0 Å². The molecule has 0 unspecified atom stereocenters. The van der Waals surface area contributed by atoms with Crippen molar-refractivity contribution in [1.29, 1.82) is 0 Å². The molecule has 0 spiro atoms. The summed E-state index contributed by atoms with van der Waals surface area (Å²) < 4.78 is 9.28. The molecule has 3 heterocycles. The number of hydrogen-bond acceptors (Lipinski definition) is 5. The van der Waals surface area contributed by atoms with Crippen LogP contribution in [0.3, 0.4) is 0 Å². The van der Waals surface area contributed by atoms with Gasteiger partial charge in [-0.25, -0.2) is 4.98 Å². The number of anilines is 1. The van der Waals surface area contributed by atoms with E-state index >= 15 is 0 Å². The molecule has 0 aromatic carbocycles. The SMILES string of the molecule is Cn1cc(-c2ncc(OCCn3cccc3)nc2N)cn1. The second kappa shape index (κ2) is 5.66. The molecule has 7 nitrogen and oxygen atoms in total. The van der Waals surface area contributed by atoms with Gasteiger partial charge in [0.2, 0.25) is 5.88 Å². The number of ether oxygens (including phenoxy) is 1. The van der Waals surface area contributed by atoms with Crippen LogP contribution in [0.25, 0.3) is 11.3 Å². The Morgan fingerprint density at radius 1 is 1.24 bits per heavy atom. The zero-order chi connectivity index (χ0) is 14.7. The lowest BCUT2D eigenvalue weighted by atomic mass is 10.2. The van der Waals surface area contributed by atoms with Gasteiger partial charge in [-0.15, -0.1) is 0 Å². The summed E-state index contributed by atoms with van der Waals surface area (Å²) in [6.45, 7) is 1.26. The standard InChI is InChI=1S/C14H16N6O/c1-19-10-11(8-17-19)13-14(15)18-12(9-16-13)21-7-6-20-4-2-3-5-20/h2-5,8-10H,6-7H2,1H3,(H2,15,18). The van der Waals surface area contributed by atoms with Gasteiger partial charge in [0.15, 0.2) is 5.82 Å². The average Bonchev–Trinajstić information content (AvgIpc) is 3.11. The average molecular weight is 284 g/mol. The summed E-state index contributed by atoms with van der Waals surface area (Å²) in [5.41, 5.74) is 7.38. The van der Waals surface area contributed by atoms with Crippen LogP contribution in [0.2, 0.25) is 0 Å². The van der Waals surface area contributed by atoms with Gasteiger partial charge in [0, 0.05) is 31.2 Å². The molecule has 3 aromatic heterocycles. The molecular formula is C14H16N6O. The maximum atomic E-state index is 5.93. The van der Waals surface area contributed by atoms with E-state index < -0.39 is 0 Å². The highest BCUT2D eigenvalue weighted by Crippen LogP contribution is 2.22. The summed E-state index contributed by atoms with van der Waals surface area (Å²) in [7, 11) is 1.84. The Balaban J connectivity index is 1.66. The first-order chi connectivity index (χ1) is 10.2. The molecule has 0 amide bonds. The molecule has 0 atom stereocenters. The van der Waals surface area contributed by atoms with Crippen molar-refractivity contribution in [1.82, 2.24) is 24.3 Å². The summed E-state index contributed by atoms with van der Waals surface area (Å²) in [6, 6.07) is 3.95. The Kier molecular flexibility index (Phi) is 3.55. The van der Waals surface area contributed by atoms with E-state index in [0.717, 1.165) is 12.1 Å². The summed E-state index contributed by atoms with van der Waals surface area (Å²) in [5.74, 6) is 0.758. The number of hydrogen-bond donors (Lipinski definition) is 1. The molecule has 0 bridgehead atoms. The van der Waals surface area contributed by atoms with Crippen molar-refractivity contribution in [2.75, 3.05) is 12.3 Å². The lowest BCUT2D eigenvalue weighted by Crippen LogP contribution is -2.08. The molecule has 0 saturated heterocycles. The third-order valence-corrected chi connectivity index (χ3v) is 3.02. The van der Waals surface area contributed by atoms with Crippen molar-refractivity contribution in [2.24, 2.45) is 7.05 Å². The first kappa shape index (κ1) is 13.2. The Morgan fingerprint density at radius 3 is 2.71 bits per heavy atom. The van der Waals surface area contributed by atoms with E-state index in [2.05, 4.69) is 15.1 Å². The van der Waals surface area contributed by atoms with Gasteiger partial charge in [-0.3, -0.25) is 4.68 Å². The van der Waals surface area contributed by atoms with Crippen molar-refractivity contribution in [3.63, 3.8) is 0 Å². The normalized spacial score (nSPS) is 10.7. The Labute approximate surface area is 122 Å². The van der Waals surface area contributed by atoms with Crippen LogP contribution in [0.15, 0.2) is 43.1 Å². The minimum Gasteiger partial charge on any atom is -0.475 e. The Hall–Kier alpha value is -2.83. The molecule has 3 aromatic rings. The van der Waals surface area contributed by atoms with Gasteiger partial charge in [-0.1, -0.05) is 0 Å². The van der Waals surface area contributed by atoms with E-state index in [4.69, 9.17) is 10.5 Å². The highest BCUT2D eigenvalue weighted by Gasteiger charge is 2.09. The Bertz CT molecular complexity index is 719. The number of nitrogens with two attached hydrogens (primary N) is 1. The van der Waals surface area contributed by atoms with Gasteiger partial charge >= 0.3 is 0 Å². The molecule has 0 radical (unpaired) electrons. The molecule has 2 N–H and O–H groups in total. The van der Waals surface area contributed by atoms with E-state index in [-0.39, 0.29) is 0 Å². The fourth-order valence-corrected chi connectivity index (χ4v) is 2.00. The molecule has 0 aliphatic carbocycles. The summed E-state index contributed by atoms with van der Waals surface area (Å²) >= 11 is 0. The lowest BCUT2D eigenvalue weighted by Gasteiger charge is -2.08. The van der Waals surface area contributed by atoms with Gasteiger partial charge in [0.05, 0.1) is 18.9 Å². The number of aromatic nitrogens is 5. The molecule has 0 saturated carbocycles. The van der Waals surface area contributed by atoms with E-state index in [1.54, 1.807) is 17.1 Å². The fraction of sp³-hybridized carbons (Fsp3) is 0.214. The molecule has 0 fully saturated rings. The van der Waals surface area contributed by atoms with Crippen LogP contribution in [0.1, 0.15) is 0 Å². The van der Waals surface area contributed by atoms with Crippen LogP contribution in [0.5, 0.6) is 5.88 Å². The van der Waals surface area contributed by atoms with Crippen LogP contribution in [0, 0.1) is 0 Å². The van der Waals surface area contributed by atoms with Crippen molar-refractivity contribution in [2.45, 2.75) is 6.54 Å².